The lowest BCUT2D eigenvalue weighted by Crippen LogP contribution is -2.07. The summed E-state index contributed by atoms with van der Waals surface area (Å²) in [5, 5.41) is 4.26. The second-order valence-corrected chi connectivity index (χ2v) is 4.66. The van der Waals surface area contributed by atoms with E-state index in [9.17, 15) is 0 Å². The van der Waals surface area contributed by atoms with Gasteiger partial charge in [-0.3, -0.25) is 0 Å². The van der Waals surface area contributed by atoms with Gasteiger partial charge in [-0.2, -0.15) is 0 Å². The van der Waals surface area contributed by atoms with Crippen LogP contribution in [0.5, 0.6) is 0 Å². The summed E-state index contributed by atoms with van der Waals surface area (Å²) in [5.74, 6) is 0. The summed E-state index contributed by atoms with van der Waals surface area (Å²) in [6.07, 6.45) is 0. The molecule has 1 atom stereocenters. The molecule has 88 valence electrons. The van der Waals surface area contributed by atoms with Crippen molar-refractivity contribution in [1.82, 2.24) is 0 Å². The Balaban J connectivity index is 2.17. The maximum Gasteiger partial charge on any atom is 0.0500 e. The average molecular weight is 246 g/mol. The molecule has 0 spiro atoms. The van der Waals surface area contributed by atoms with Crippen molar-refractivity contribution in [3.05, 3.63) is 64.7 Å². The van der Waals surface area contributed by atoms with Crippen LogP contribution in [0.4, 0.5) is 5.69 Å². The fraction of sp³-hybridized carbons (Fsp3) is 0.200. The first-order valence-electron chi connectivity index (χ1n) is 5.74. The van der Waals surface area contributed by atoms with E-state index in [1.165, 1.54) is 5.56 Å². The Bertz CT molecular complexity index is 508. The van der Waals surface area contributed by atoms with Crippen LogP contribution in [0.3, 0.4) is 0 Å². The molecule has 0 amide bonds. The minimum absolute atomic E-state index is 0.200. The summed E-state index contributed by atoms with van der Waals surface area (Å²) < 4.78 is 0. The zero-order chi connectivity index (χ0) is 12.3. The lowest BCUT2D eigenvalue weighted by molar-refractivity contribution is 0.885. The van der Waals surface area contributed by atoms with Crippen LogP contribution in [-0.2, 0) is 0 Å². The van der Waals surface area contributed by atoms with Gasteiger partial charge in [0.25, 0.3) is 0 Å². The molecule has 0 aliphatic carbocycles. The summed E-state index contributed by atoms with van der Waals surface area (Å²) in [5.41, 5.74) is 3.49. The van der Waals surface area contributed by atoms with E-state index >= 15 is 0 Å². The van der Waals surface area contributed by atoms with Crippen molar-refractivity contribution >= 4 is 17.3 Å². The Labute approximate surface area is 107 Å². The summed E-state index contributed by atoms with van der Waals surface area (Å²) in [4.78, 5) is 0. The number of nitrogens with one attached hydrogen (secondary N) is 1. The summed E-state index contributed by atoms with van der Waals surface area (Å²) >= 11 is 6.18. The highest BCUT2D eigenvalue weighted by molar-refractivity contribution is 6.31. The molecule has 0 saturated heterocycles. The van der Waals surface area contributed by atoms with Crippen LogP contribution in [-0.4, -0.2) is 0 Å². The SMILES string of the molecule is Cc1cccc(NC(C)c2ccccc2Cl)c1. The molecule has 0 aliphatic rings. The van der Waals surface area contributed by atoms with Gasteiger partial charge >= 0.3 is 0 Å². The summed E-state index contributed by atoms with van der Waals surface area (Å²) in [6, 6.07) is 16.5. The van der Waals surface area contributed by atoms with E-state index < -0.39 is 0 Å². The third kappa shape index (κ3) is 3.01. The van der Waals surface area contributed by atoms with Gasteiger partial charge in [-0.25, -0.2) is 0 Å². The van der Waals surface area contributed by atoms with Gasteiger partial charge in [0.1, 0.15) is 0 Å². The van der Waals surface area contributed by atoms with Crippen LogP contribution < -0.4 is 5.32 Å². The highest BCUT2D eigenvalue weighted by Crippen LogP contribution is 2.25. The first-order chi connectivity index (χ1) is 8.16. The van der Waals surface area contributed by atoms with Crippen LogP contribution in [0, 0.1) is 6.92 Å². The zero-order valence-corrected chi connectivity index (χ0v) is 10.8. The molecular weight excluding hydrogens is 230 g/mol. The van der Waals surface area contributed by atoms with Gasteiger partial charge in [0, 0.05) is 16.8 Å². The highest BCUT2D eigenvalue weighted by Gasteiger charge is 2.08. The minimum Gasteiger partial charge on any atom is -0.378 e. The van der Waals surface area contributed by atoms with E-state index in [2.05, 4.69) is 49.5 Å². The molecule has 0 fully saturated rings. The number of halogens is 1. The van der Waals surface area contributed by atoms with Gasteiger partial charge in [-0.15, -0.1) is 0 Å². The number of rotatable bonds is 3. The average Bonchev–Trinajstić information content (AvgIpc) is 2.29. The number of hydrogen-bond donors (Lipinski definition) is 1. The molecule has 2 aromatic carbocycles. The Morgan fingerprint density at radius 3 is 2.53 bits per heavy atom. The second-order valence-electron chi connectivity index (χ2n) is 4.26. The van der Waals surface area contributed by atoms with Gasteiger partial charge in [0.05, 0.1) is 0 Å². The Hall–Kier alpha value is -1.47. The fourth-order valence-corrected chi connectivity index (χ4v) is 2.19. The number of benzene rings is 2. The van der Waals surface area contributed by atoms with Gasteiger partial charge in [0.2, 0.25) is 0 Å². The van der Waals surface area contributed by atoms with E-state index in [0.29, 0.717) is 0 Å². The lowest BCUT2D eigenvalue weighted by Gasteiger charge is -2.17. The Morgan fingerprint density at radius 2 is 1.82 bits per heavy atom. The molecule has 2 rings (SSSR count). The third-order valence-corrected chi connectivity index (χ3v) is 3.12. The fourth-order valence-electron chi connectivity index (χ4n) is 1.89. The van der Waals surface area contributed by atoms with Gasteiger partial charge in [-0.05, 0) is 43.2 Å². The van der Waals surface area contributed by atoms with Crippen molar-refractivity contribution in [2.75, 3.05) is 5.32 Å². The number of aryl methyl sites for hydroxylation is 1. The maximum absolute atomic E-state index is 6.18. The molecule has 0 bridgehead atoms. The van der Waals surface area contributed by atoms with Gasteiger partial charge < -0.3 is 5.32 Å². The number of hydrogen-bond acceptors (Lipinski definition) is 1. The number of anilines is 1. The molecule has 1 unspecified atom stereocenters. The highest BCUT2D eigenvalue weighted by atomic mass is 35.5. The lowest BCUT2D eigenvalue weighted by atomic mass is 10.1. The predicted molar refractivity (Wildman–Crippen MR) is 74.7 cm³/mol. The van der Waals surface area contributed by atoms with E-state index in [1.54, 1.807) is 0 Å². The van der Waals surface area contributed by atoms with Crippen molar-refractivity contribution in [3.8, 4) is 0 Å². The van der Waals surface area contributed by atoms with Gasteiger partial charge in [0.15, 0.2) is 0 Å². The van der Waals surface area contributed by atoms with Crippen molar-refractivity contribution < 1.29 is 0 Å². The molecule has 2 heteroatoms. The molecule has 1 nitrogen and oxygen atoms in total. The smallest absolute Gasteiger partial charge is 0.0500 e. The zero-order valence-electron chi connectivity index (χ0n) is 10.1. The monoisotopic (exact) mass is 245 g/mol. The van der Waals surface area contributed by atoms with Crippen molar-refractivity contribution in [2.24, 2.45) is 0 Å². The third-order valence-electron chi connectivity index (χ3n) is 2.77. The van der Waals surface area contributed by atoms with Crippen molar-refractivity contribution in [2.45, 2.75) is 19.9 Å². The van der Waals surface area contributed by atoms with Crippen LogP contribution in [0.2, 0.25) is 5.02 Å². The summed E-state index contributed by atoms with van der Waals surface area (Å²) in [6.45, 7) is 4.20. The first-order valence-corrected chi connectivity index (χ1v) is 6.12. The summed E-state index contributed by atoms with van der Waals surface area (Å²) in [7, 11) is 0. The molecular formula is C15H16ClN. The van der Waals surface area contributed by atoms with Crippen LogP contribution >= 0.6 is 11.6 Å². The van der Waals surface area contributed by atoms with Crippen LogP contribution in [0.1, 0.15) is 24.1 Å². The maximum atomic E-state index is 6.18. The van der Waals surface area contributed by atoms with Crippen LogP contribution in [0.15, 0.2) is 48.5 Å². The quantitative estimate of drug-likeness (QED) is 0.817. The first kappa shape index (κ1) is 12.0. The normalized spacial score (nSPS) is 12.2. The Kier molecular flexibility index (Phi) is 3.70. The minimum atomic E-state index is 0.200. The largest absolute Gasteiger partial charge is 0.378 e. The molecule has 0 aliphatic heterocycles. The molecule has 0 radical (unpaired) electrons. The second kappa shape index (κ2) is 5.24. The standard InChI is InChI=1S/C15H16ClN/c1-11-6-5-7-13(10-11)17-12(2)14-8-3-4-9-15(14)16/h3-10,12,17H,1-2H3. The van der Waals surface area contributed by atoms with E-state index in [0.717, 1.165) is 16.3 Å². The molecule has 1 N–H and O–H groups in total. The molecule has 17 heavy (non-hydrogen) atoms. The van der Waals surface area contributed by atoms with Crippen LogP contribution in [0.25, 0.3) is 0 Å². The Morgan fingerprint density at radius 1 is 1.06 bits per heavy atom. The van der Waals surface area contributed by atoms with Crippen molar-refractivity contribution in [1.29, 1.82) is 0 Å². The topological polar surface area (TPSA) is 12.0 Å². The van der Waals surface area contributed by atoms with E-state index in [1.807, 2.05) is 18.2 Å². The predicted octanol–water partition coefficient (Wildman–Crippen LogP) is 4.82. The molecule has 2 aromatic rings. The molecule has 0 saturated carbocycles. The molecule has 0 heterocycles. The van der Waals surface area contributed by atoms with Gasteiger partial charge in [-0.1, -0.05) is 41.9 Å². The van der Waals surface area contributed by atoms with E-state index in [4.69, 9.17) is 11.6 Å². The van der Waals surface area contributed by atoms with Crippen molar-refractivity contribution in [3.63, 3.8) is 0 Å². The molecule has 0 aromatic heterocycles. The van der Waals surface area contributed by atoms with E-state index in [-0.39, 0.29) is 6.04 Å².